The van der Waals surface area contributed by atoms with Gasteiger partial charge in [0.25, 0.3) is 0 Å². The molecular formula is C16H26N2. The third-order valence-corrected chi connectivity index (χ3v) is 3.85. The average molecular weight is 246 g/mol. The lowest BCUT2D eigenvalue weighted by Gasteiger charge is -2.32. The van der Waals surface area contributed by atoms with Crippen molar-refractivity contribution < 1.29 is 0 Å². The van der Waals surface area contributed by atoms with Crippen LogP contribution in [0.5, 0.6) is 0 Å². The van der Waals surface area contributed by atoms with Crippen molar-refractivity contribution in [2.24, 2.45) is 0 Å². The molecule has 1 fully saturated rings. The van der Waals surface area contributed by atoms with Gasteiger partial charge in [-0.15, -0.1) is 0 Å². The van der Waals surface area contributed by atoms with E-state index in [-0.39, 0.29) is 0 Å². The van der Waals surface area contributed by atoms with Gasteiger partial charge in [0.05, 0.1) is 0 Å². The predicted molar refractivity (Wildman–Crippen MR) is 77.7 cm³/mol. The van der Waals surface area contributed by atoms with Crippen LogP contribution < -0.4 is 5.32 Å². The molecule has 2 heteroatoms. The fourth-order valence-corrected chi connectivity index (χ4v) is 2.60. The highest BCUT2D eigenvalue weighted by atomic mass is 15.1. The summed E-state index contributed by atoms with van der Waals surface area (Å²) in [6, 6.07) is 11.4. The molecule has 0 atom stereocenters. The molecule has 1 aromatic rings. The van der Waals surface area contributed by atoms with Gasteiger partial charge >= 0.3 is 0 Å². The number of piperidine rings is 1. The van der Waals surface area contributed by atoms with Gasteiger partial charge in [0, 0.05) is 12.6 Å². The van der Waals surface area contributed by atoms with Crippen LogP contribution in [-0.4, -0.2) is 30.6 Å². The number of hydrogen-bond donors (Lipinski definition) is 1. The van der Waals surface area contributed by atoms with E-state index in [2.05, 4.69) is 47.5 Å². The molecule has 0 saturated carbocycles. The first kappa shape index (κ1) is 13.6. The zero-order valence-electron chi connectivity index (χ0n) is 11.6. The molecule has 0 amide bonds. The maximum Gasteiger partial charge on any atom is 0.0208 e. The van der Waals surface area contributed by atoms with E-state index in [0.29, 0.717) is 6.04 Å². The number of rotatable bonds is 6. The van der Waals surface area contributed by atoms with Crippen molar-refractivity contribution >= 4 is 0 Å². The molecular weight excluding hydrogens is 220 g/mol. The summed E-state index contributed by atoms with van der Waals surface area (Å²) in [5.74, 6) is 0. The molecule has 0 unspecified atom stereocenters. The van der Waals surface area contributed by atoms with Crippen molar-refractivity contribution in [3.05, 3.63) is 35.9 Å². The van der Waals surface area contributed by atoms with Gasteiger partial charge < -0.3 is 10.2 Å². The van der Waals surface area contributed by atoms with E-state index >= 15 is 0 Å². The third kappa shape index (κ3) is 4.43. The van der Waals surface area contributed by atoms with Crippen LogP contribution in [0.4, 0.5) is 0 Å². The lowest BCUT2D eigenvalue weighted by atomic mass is 10.0. The van der Waals surface area contributed by atoms with Gasteiger partial charge in [-0.1, -0.05) is 43.7 Å². The molecule has 0 radical (unpaired) electrons. The van der Waals surface area contributed by atoms with Gasteiger partial charge in [-0.25, -0.2) is 0 Å². The molecule has 2 rings (SSSR count). The molecule has 100 valence electrons. The number of nitrogens with zero attached hydrogens (tertiary/aromatic N) is 1. The van der Waals surface area contributed by atoms with Gasteiger partial charge in [-0.2, -0.15) is 0 Å². The number of likely N-dealkylation sites (tertiary alicyclic amines) is 1. The van der Waals surface area contributed by atoms with Crippen molar-refractivity contribution in [2.45, 2.75) is 45.2 Å². The van der Waals surface area contributed by atoms with Crippen LogP contribution in [0.25, 0.3) is 0 Å². The molecule has 0 aromatic heterocycles. The van der Waals surface area contributed by atoms with Crippen molar-refractivity contribution in [1.29, 1.82) is 0 Å². The monoisotopic (exact) mass is 246 g/mol. The van der Waals surface area contributed by atoms with Crippen LogP contribution in [0.2, 0.25) is 0 Å². The molecule has 1 N–H and O–H groups in total. The van der Waals surface area contributed by atoms with E-state index in [1.165, 1.54) is 50.9 Å². The molecule has 1 heterocycles. The Morgan fingerprint density at radius 1 is 1.17 bits per heavy atom. The molecule has 0 bridgehead atoms. The minimum Gasteiger partial charge on any atom is -0.310 e. The van der Waals surface area contributed by atoms with Crippen molar-refractivity contribution in [3.8, 4) is 0 Å². The first-order valence-electron chi connectivity index (χ1n) is 7.38. The Kier molecular flexibility index (Phi) is 5.69. The third-order valence-electron chi connectivity index (χ3n) is 3.85. The Balaban J connectivity index is 1.65. The highest BCUT2D eigenvalue weighted by Gasteiger charge is 2.17. The molecule has 2 nitrogen and oxygen atoms in total. The van der Waals surface area contributed by atoms with E-state index < -0.39 is 0 Å². The zero-order valence-corrected chi connectivity index (χ0v) is 11.6. The van der Waals surface area contributed by atoms with Crippen LogP contribution >= 0.6 is 0 Å². The van der Waals surface area contributed by atoms with E-state index in [0.717, 1.165) is 6.54 Å². The zero-order chi connectivity index (χ0) is 12.6. The second-order valence-electron chi connectivity index (χ2n) is 5.34. The molecule has 1 aliphatic rings. The highest BCUT2D eigenvalue weighted by molar-refractivity contribution is 5.14. The summed E-state index contributed by atoms with van der Waals surface area (Å²) in [4.78, 5) is 2.62. The minimum atomic E-state index is 0.711. The summed E-state index contributed by atoms with van der Waals surface area (Å²) in [7, 11) is 0. The average Bonchev–Trinajstić information content (AvgIpc) is 2.45. The largest absolute Gasteiger partial charge is 0.310 e. The number of benzene rings is 1. The Bertz CT molecular complexity index is 315. The fourth-order valence-electron chi connectivity index (χ4n) is 2.60. The first-order valence-corrected chi connectivity index (χ1v) is 7.38. The lowest BCUT2D eigenvalue weighted by Crippen LogP contribution is -2.42. The van der Waals surface area contributed by atoms with Gasteiger partial charge in [0.1, 0.15) is 0 Å². The number of unbranched alkanes of at least 4 members (excludes halogenated alkanes) is 1. The van der Waals surface area contributed by atoms with Crippen molar-refractivity contribution in [3.63, 3.8) is 0 Å². The summed E-state index contributed by atoms with van der Waals surface area (Å²) < 4.78 is 0. The second-order valence-corrected chi connectivity index (χ2v) is 5.34. The molecule has 1 aliphatic heterocycles. The van der Waals surface area contributed by atoms with Crippen molar-refractivity contribution in [1.82, 2.24) is 10.2 Å². The normalized spacial score (nSPS) is 18.1. The van der Waals surface area contributed by atoms with E-state index in [4.69, 9.17) is 0 Å². The standard InChI is InChI=1S/C16H26N2/c1-2-3-11-18-12-9-16(10-13-18)17-14-15-7-5-4-6-8-15/h4-8,16-17H,2-3,9-14H2,1H3. The lowest BCUT2D eigenvalue weighted by molar-refractivity contribution is 0.195. The SMILES string of the molecule is CCCCN1CCC(NCc2ccccc2)CC1. The fraction of sp³-hybridized carbons (Fsp3) is 0.625. The summed E-state index contributed by atoms with van der Waals surface area (Å²) in [6.45, 7) is 7.12. The van der Waals surface area contributed by atoms with Crippen LogP contribution in [0.15, 0.2) is 30.3 Å². The first-order chi connectivity index (χ1) is 8.88. The summed E-state index contributed by atoms with van der Waals surface area (Å²) in [5.41, 5.74) is 1.39. The van der Waals surface area contributed by atoms with E-state index in [1.54, 1.807) is 0 Å². The molecule has 0 spiro atoms. The summed E-state index contributed by atoms with van der Waals surface area (Å²) in [5, 5.41) is 3.69. The predicted octanol–water partition coefficient (Wildman–Crippen LogP) is 3.04. The Morgan fingerprint density at radius 3 is 2.56 bits per heavy atom. The minimum absolute atomic E-state index is 0.711. The molecule has 18 heavy (non-hydrogen) atoms. The van der Waals surface area contributed by atoms with Gasteiger partial charge in [0.2, 0.25) is 0 Å². The molecule has 1 saturated heterocycles. The number of nitrogens with one attached hydrogen (secondary N) is 1. The van der Waals surface area contributed by atoms with Crippen LogP contribution in [0.1, 0.15) is 38.2 Å². The van der Waals surface area contributed by atoms with Crippen LogP contribution in [-0.2, 0) is 6.54 Å². The Hall–Kier alpha value is -0.860. The summed E-state index contributed by atoms with van der Waals surface area (Å²) >= 11 is 0. The molecule has 0 aliphatic carbocycles. The Morgan fingerprint density at radius 2 is 1.89 bits per heavy atom. The quantitative estimate of drug-likeness (QED) is 0.830. The maximum atomic E-state index is 3.69. The van der Waals surface area contributed by atoms with Crippen LogP contribution in [0.3, 0.4) is 0 Å². The topological polar surface area (TPSA) is 15.3 Å². The number of hydrogen-bond acceptors (Lipinski definition) is 2. The maximum absolute atomic E-state index is 3.69. The van der Waals surface area contributed by atoms with E-state index in [1.807, 2.05) is 0 Å². The van der Waals surface area contributed by atoms with E-state index in [9.17, 15) is 0 Å². The van der Waals surface area contributed by atoms with Crippen molar-refractivity contribution in [2.75, 3.05) is 19.6 Å². The second kappa shape index (κ2) is 7.55. The van der Waals surface area contributed by atoms with Gasteiger partial charge in [-0.05, 0) is 44.5 Å². The highest BCUT2D eigenvalue weighted by Crippen LogP contribution is 2.12. The van der Waals surface area contributed by atoms with Gasteiger partial charge in [0.15, 0.2) is 0 Å². The molecule has 1 aromatic carbocycles. The van der Waals surface area contributed by atoms with Crippen LogP contribution in [0, 0.1) is 0 Å². The Labute approximate surface area is 111 Å². The smallest absolute Gasteiger partial charge is 0.0208 e. The van der Waals surface area contributed by atoms with Gasteiger partial charge in [-0.3, -0.25) is 0 Å². The summed E-state index contributed by atoms with van der Waals surface area (Å²) in [6.07, 6.45) is 5.27.